The number of primary amides is 1. The molecule has 1 aliphatic heterocycles. The van der Waals surface area contributed by atoms with E-state index in [1.165, 1.54) is 0 Å². The number of allylic oxidation sites excluding steroid dienone is 2. The monoisotopic (exact) mass is 385 g/mol. The normalized spacial score (nSPS) is 28.4. The smallest absolute Gasteiger partial charge is 0.307 e. The van der Waals surface area contributed by atoms with Gasteiger partial charge in [0.2, 0.25) is 5.91 Å². The summed E-state index contributed by atoms with van der Waals surface area (Å²) in [5.74, 6) is -3.33. The third-order valence-corrected chi connectivity index (χ3v) is 5.93. The molecule has 4 N–H and O–H groups in total. The molecule has 148 valence electrons. The summed E-state index contributed by atoms with van der Waals surface area (Å²) in [6.45, 7) is 2.46. The van der Waals surface area contributed by atoms with Gasteiger partial charge in [0.1, 0.15) is 0 Å². The third kappa shape index (κ3) is 3.24. The number of carbonyl (C=O) groups excluding carboxylic acids is 2. The van der Waals surface area contributed by atoms with Crippen molar-refractivity contribution in [2.24, 2.45) is 29.4 Å². The van der Waals surface area contributed by atoms with Gasteiger partial charge in [0.05, 0.1) is 30.6 Å². The van der Waals surface area contributed by atoms with E-state index in [4.69, 9.17) is 10.5 Å². The van der Waals surface area contributed by atoms with Crippen LogP contribution in [0.2, 0.25) is 0 Å². The number of fused-ring (bicyclic) bond motifs is 2. The molecule has 1 saturated heterocycles. The molecule has 1 heterocycles. The van der Waals surface area contributed by atoms with E-state index in [-0.39, 0.29) is 17.7 Å². The Morgan fingerprint density at radius 1 is 1.11 bits per heavy atom. The fourth-order valence-electron chi connectivity index (χ4n) is 4.63. The number of anilines is 2. The number of carboxylic acids is 1. The maximum atomic E-state index is 12.8. The first kappa shape index (κ1) is 18.5. The molecule has 2 amide bonds. The molecular weight excluding hydrogens is 362 g/mol. The number of benzene rings is 1. The van der Waals surface area contributed by atoms with Gasteiger partial charge in [-0.2, -0.15) is 0 Å². The highest BCUT2D eigenvalue weighted by molar-refractivity contribution is 6.02. The van der Waals surface area contributed by atoms with E-state index in [1.54, 1.807) is 18.2 Å². The van der Waals surface area contributed by atoms with Gasteiger partial charge in [-0.1, -0.05) is 12.2 Å². The molecular formula is C20H23N3O5. The van der Waals surface area contributed by atoms with Gasteiger partial charge in [-0.25, -0.2) is 0 Å². The number of amides is 2. The van der Waals surface area contributed by atoms with Crippen LogP contribution in [0.4, 0.5) is 11.4 Å². The van der Waals surface area contributed by atoms with Crippen molar-refractivity contribution >= 4 is 29.2 Å². The largest absolute Gasteiger partial charge is 0.481 e. The van der Waals surface area contributed by atoms with E-state index in [2.05, 4.69) is 5.32 Å². The number of nitrogens with one attached hydrogen (secondary N) is 1. The minimum atomic E-state index is -0.947. The second-order valence-corrected chi connectivity index (χ2v) is 7.52. The average Bonchev–Trinajstić information content (AvgIpc) is 3.30. The zero-order valence-corrected chi connectivity index (χ0v) is 15.3. The number of nitrogens with zero attached hydrogens (tertiary/aromatic N) is 1. The van der Waals surface area contributed by atoms with Crippen LogP contribution in [-0.4, -0.2) is 49.2 Å². The van der Waals surface area contributed by atoms with Crippen LogP contribution in [0.15, 0.2) is 30.4 Å². The Hall–Kier alpha value is -2.87. The lowest BCUT2D eigenvalue weighted by atomic mass is 9.82. The Balaban J connectivity index is 1.55. The van der Waals surface area contributed by atoms with E-state index < -0.39 is 23.7 Å². The number of nitrogens with two attached hydrogens (primary N) is 1. The summed E-state index contributed by atoms with van der Waals surface area (Å²) in [5.41, 5.74) is 7.02. The van der Waals surface area contributed by atoms with Crippen molar-refractivity contribution in [2.75, 3.05) is 36.5 Å². The molecule has 1 saturated carbocycles. The molecule has 2 fully saturated rings. The van der Waals surface area contributed by atoms with Gasteiger partial charge in [0, 0.05) is 24.5 Å². The molecule has 4 atom stereocenters. The lowest BCUT2D eigenvalue weighted by Gasteiger charge is -2.30. The van der Waals surface area contributed by atoms with E-state index >= 15 is 0 Å². The SMILES string of the molecule is NC(=O)c1cc(NC(=O)[C@@H]2[C@@H](C(=O)O)[C@H]3C=C[C@H]2C3)ccc1N1CCOCC1. The lowest BCUT2D eigenvalue weighted by molar-refractivity contribution is -0.146. The van der Waals surface area contributed by atoms with Crippen molar-refractivity contribution < 1.29 is 24.2 Å². The zero-order valence-electron chi connectivity index (χ0n) is 15.3. The first-order valence-electron chi connectivity index (χ1n) is 9.44. The van der Waals surface area contributed by atoms with Gasteiger partial charge in [0.25, 0.3) is 5.91 Å². The summed E-state index contributed by atoms with van der Waals surface area (Å²) in [6.07, 6.45) is 4.53. The molecule has 4 rings (SSSR count). The molecule has 0 radical (unpaired) electrons. The van der Waals surface area contributed by atoms with Crippen LogP contribution in [-0.2, 0) is 14.3 Å². The molecule has 2 bridgehead atoms. The Morgan fingerprint density at radius 2 is 1.79 bits per heavy atom. The van der Waals surface area contributed by atoms with E-state index in [0.717, 1.165) is 0 Å². The molecule has 3 aliphatic rings. The predicted octanol–water partition coefficient (Wildman–Crippen LogP) is 1.08. The highest BCUT2D eigenvalue weighted by Gasteiger charge is 2.51. The summed E-state index contributed by atoms with van der Waals surface area (Å²) in [5, 5.41) is 12.3. The Labute approximate surface area is 162 Å². The number of carboxylic acid groups (broad SMARTS) is 1. The van der Waals surface area contributed by atoms with Gasteiger partial charge in [-0.05, 0) is 36.5 Å². The van der Waals surface area contributed by atoms with Gasteiger partial charge in [0.15, 0.2) is 0 Å². The van der Waals surface area contributed by atoms with Crippen molar-refractivity contribution in [3.05, 3.63) is 35.9 Å². The highest BCUT2D eigenvalue weighted by Crippen LogP contribution is 2.48. The van der Waals surface area contributed by atoms with Crippen molar-refractivity contribution in [1.82, 2.24) is 0 Å². The Morgan fingerprint density at radius 3 is 2.43 bits per heavy atom. The maximum Gasteiger partial charge on any atom is 0.307 e. The van der Waals surface area contributed by atoms with Crippen LogP contribution >= 0.6 is 0 Å². The summed E-state index contributed by atoms with van der Waals surface area (Å²) in [7, 11) is 0. The number of morpholine rings is 1. The number of hydrogen-bond acceptors (Lipinski definition) is 5. The summed E-state index contributed by atoms with van der Waals surface area (Å²) in [4.78, 5) is 38.5. The first-order chi connectivity index (χ1) is 13.5. The summed E-state index contributed by atoms with van der Waals surface area (Å²) in [6, 6.07) is 5.04. The third-order valence-electron chi connectivity index (χ3n) is 5.93. The van der Waals surface area contributed by atoms with E-state index in [1.807, 2.05) is 17.1 Å². The topological polar surface area (TPSA) is 122 Å². The van der Waals surface area contributed by atoms with E-state index in [0.29, 0.717) is 49.7 Å². The van der Waals surface area contributed by atoms with Crippen LogP contribution in [0.25, 0.3) is 0 Å². The van der Waals surface area contributed by atoms with Crippen molar-refractivity contribution in [1.29, 1.82) is 0 Å². The Kier molecular flexibility index (Phi) is 4.80. The Bertz CT molecular complexity index is 846. The minimum absolute atomic E-state index is 0.0608. The van der Waals surface area contributed by atoms with Crippen LogP contribution in [0.5, 0.6) is 0 Å². The molecule has 28 heavy (non-hydrogen) atoms. The van der Waals surface area contributed by atoms with Crippen molar-refractivity contribution in [3.8, 4) is 0 Å². The van der Waals surface area contributed by atoms with Crippen molar-refractivity contribution in [2.45, 2.75) is 6.42 Å². The zero-order chi connectivity index (χ0) is 19.8. The molecule has 2 aliphatic carbocycles. The van der Waals surface area contributed by atoms with Gasteiger partial charge >= 0.3 is 5.97 Å². The van der Waals surface area contributed by atoms with Crippen LogP contribution in [0.1, 0.15) is 16.8 Å². The number of carbonyl (C=O) groups is 3. The number of aliphatic carboxylic acids is 1. The second kappa shape index (κ2) is 7.27. The maximum absolute atomic E-state index is 12.8. The molecule has 1 aromatic carbocycles. The van der Waals surface area contributed by atoms with Gasteiger partial charge in [-0.15, -0.1) is 0 Å². The average molecular weight is 385 g/mol. The minimum Gasteiger partial charge on any atom is -0.481 e. The number of ether oxygens (including phenoxy) is 1. The first-order valence-corrected chi connectivity index (χ1v) is 9.44. The highest BCUT2D eigenvalue weighted by atomic mass is 16.5. The molecule has 0 unspecified atom stereocenters. The molecule has 1 aromatic rings. The van der Waals surface area contributed by atoms with Crippen LogP contribution in [0, 0.1) is 23.7 Å². The quantitative estimate of drug-likeness (QED) is 0.652. The second-order valence-electron chi connectivity index (χ2n) is 7.52. The molecule has 0 spiro atoms. The van der Waals surface area contributed by atoms with Crippen LogP contribution in [0.3, 0.4) is 0 Å². The van der Waals surface area contributed by atoms with Crippen molar-refractivity contribution in [3.63, 3.8) is 0 Å². The predicted molar refractivity (Wildman–Crippen MR) is 102 cm³/mol. The standard InChI is InChI=1S/C20H23N3O5/c21-18(24)14-10-13(3-4-15(14)23-5-7-28-8-6-23)22-19(25)16-11-1-2-12(9-11)17(16)20(26)27/h1-4,10-12,16-17H,5-9H2,(H2,21,24)(H,22,25)(H,26,27)/t11-,12-,16-,17-/m0/s1. The number of hydrogen-bond donors (Lipinski definition) is 3. The summed E-state index contributed by atoms with van der Waals surface area (Å²) >= 11 is 0. The number of rotatable bonds is 5. The van der Waals surface area contributed by atoms with Gasteiger partial charge < -0.3 is 25.8 Å². The van der Waals surface area contributed by atoms with E-state index in [9.17, 15) is 19.5 Å². The fraction of sp³-hybridized carbons (Fsp3) is 0.450. The summed E-state index contributed by atoms with van der Waals surface area (Å²) < 4.78 is 5.34. The lowest BCUT2D eigenvalue weighted by Crippen LogP contribution is -2.38. The molecule has 8 nitrogen and oxygen atoms in total. The molecule has 8 heteroatoms. The van der Waals surface area contributed by atoms with Crippen LogP contribution < -0.4 is 16.0 Å². The fourth-order valence-corrected chi connectivity index (χ4v) is 4.63. The molecule has 0 aromatic heterocycles. The van der Waals surface area contributed by atoms with Gasteiger partial charge in [-0.3, -0.25) is 14.4 Å².